The molecule has 162 valence electrons. The number of rotatable bonds is 7. The molecule has 1 fully saturated rings. The molecule has 0 N–H and O–H groups in total. The number of hydrogen-bond donors (Lipinski definition) is 0. The zero-order valence-electron chi connectivity index (χ0n) is 17.1. The molecule has 1 saturated heterocycles. The van der Waals surface area contributed by atoms with Crippen LogP contribution < -0.4 is 0 Å². The lowest BCUT2D eigenvalue weighted by Gasteiger charge is -2.29. The van der Waals surface area contributed by atoms with E-state index in [1.165, 1.54) is 24.8 Å². The van der Waals surface area contributed by atoms with Crippen molar-refractivity contribution < 1.29 is 23.0 Å². The molecule has 0 saturated carbocycles. The minimum atomic E-state index is -1.09. The summed E-state index contributed by atoms with van der Waals surface area (Å²) in [6.07, 6.45) is 3.25. The molecule has 4 rings (SSSR count). The summed E-state index contributed by atoms with van der Waals surface area (Å²) in [6.45, 7) is 2.41. The SMILES string of the molecule is CC(C(=O)OCc1ccccc1)[C@@H]1CO[C@@](Cn2cncn2)(c2ccc(F)cc2F)C1. The molecule has 2 heterocycles. The van der Waals surface area contributed by atoms with Gasteiger partial charge in [0, 0.05) is 11.6 Å². The van der Waals surface area contributed by atoms with Crippen LogP contribution in [0.25, 0.3) is 0 Å². The van der Waals surface area contributed by atoms with Crippen molar-refractivity contribution in [2.45, 2.75) is 32.1 Å². The number of esters is 1. The van der Waals surface area contributed by atoms with Crippen LogP contribution in [-0.4, -0.2) is 27.3 Å². The molecule has 1 unspecified atom stereocenters. The predicted octanol–water partition coefficient (Wildman–Crippen LogP) is 3.87. The van der Waals surface area contributed by atoms with Crippen molar-refractivity contribution >= 4 is 5.97 Å². The molecule has 3 aromatic rings. The third kappa shape index (κ3) is 4.64. The van der Waals surface area contributed by atoms with E-state index in [-0.39, 0.29) is 37.2 Å². The Morgan fingerprint density at radius 1 is 1.29 bits per heavy atom. The van der Waals surface area contributed by atoms with E-state index in [1.807, 2.05) is 30.3 Å². The number of carbonyl (C=O) groups excluding carboxylic acids is 1. The van der Waals surface area contributed by atoms with Crippen molar-refractivity contribution in [3.8, 4) is 0 Å². The van der Waals surface area contributed by atoms with Gasteiger partial charge in [-0.1, -0.05) is 43.3 Å². The fraction of sp³-hybridized carbons (Fsp3) is 0.348. The Bertz CT molecular complexity index is 1030. The lowest BCUT2D eigenvalue weighted by molar-refractivity contribution is -0.151. The molecule has 1 aliphatic heterocycles. The Kier molecular flexibility index (Phi) is 6.08. The molecule has 2 aromatic carbocycles. The Labute approximate surface area is 178 Å². The molecular formula is C23H23F2N3O3. The molecule has 1 aromatic heterocycles. The van der Waals surface area contributed by atoms with Crippen LogP contribution in [0.1, 0.15) is 24.5 Å². The largest absolute Gasteiger partial charge is 0.461 e. The monoisotopic (exact) mass is 427 g/mol. The van der Waals surface area contributed by atoms with Gasteiger partial charge in [0.2, 0.25) is 0 Å². The summed E-state index contributed by atoms with van der Waals surface area (Å²) in [5, 5.41) is 4.10. The third-order valence-corrected chi connectivity index (χ3v) is 5.77. The van der Waals surface area contributed by atoms with Crippen LogP contribution in [0.15, 0.2) is 61.2 Å². The highest BCUT2D eigenvalue weighted by Gasteiger charge is 2.47. The minimum Gasteiger partial charge on any atom is -0.461 e. The molecule has 0 amide bonds. The lowest BCUT2D eigenvalue weighted by atomic mass is 9.82. The van der Waals surface area contributed by atoms with E-state index in [0.29, 0.717) is 6.42 Å². The third-order valence-electron chi connectivity index (χ3n) is 5.77. The summed E-state index contributed by atoms with van der Waals surface area (Å²) in [6, 6.07) is 12.9. The molecule has 0 radical (unpaired) electrons. The van der Waals surface area contributed by atoms with Gasteiger partial charge >= 0.3 is 5.97 Å². The average molecular weight is 427 g/mol. The molecule has 1 aliphatic rings. The standard InChI is InChI=1S/C23H23F2N3O3/c1-16(22(29)30-11-17-5-3-2-4-6-17)18-10-23(31-12-18,13-28-15-26-14-27-28)20-8-7-19(24)9-21(20)25/h2-9,14-16,18H,10-13H2,1H3/t16?,18-,23-/m0/s1. The highest BCUT2D eigenvalue weighted by atomic mass is 19.1. The molecule has 3 atom stereocenters. The van der Waals surface area contributed by atoms with Gasteiger partial charge in [-0.25, -0.2) is 18.4 Å². The zero-order valence-corrected chi connectivity index (χ0v) is 17.1. The van der Waals surface area contributed by atoms with Crippen molar-refractivity contribution in [1.82, 2.24) is 14.8 Å². The van der Waals surface area contributed by atoms with Gasteiger partial charge in [0.25, 0.3) is 0 Å². The maximum absolute atomic E-state index is 14.7. The fourth-order valence-corrected chi connectivity index (χ4v) is 4.00. The lowest BCUT2D eigenvalue weighted by Crippen LogP contribution is -2.33. The van der Waals surface area contributed by atoms with Crippen molar-refractivity contribution in [1.29, 1.82) is 0 Å². The van der Waals surface area contributed by atoms with Crippen LogP contribution in [0.5, 0.6) is 0 Å². The van der Waals surface area contributed by atoms with Gasteiger partial charge in [-0.05, 0) is 24.0 Å². The first-order valence-electron chi connectivity index (χ1n) is 10.1. The summed E-state index contributed by atoms with van der Waals surface area (Å²) in [4.78, 5) is 16.6. The van der Waals surface area contributed by atoms with Gasteiger partial charge in [-0.15, -0.1) is 0 Å². The molecule has 8 heteroatoms. The number of ether oxygens (including phenoxy) is 2. The van der Waals surface area contributed by atoms with Gasteiger partial charge in [-0.3, -0.25) is 4.79 Å². The summed E-state index contributed by atoms with van der Waals surface area (Å²) in [5.74, 6) is -2.35. The van der Waals surface area contributed by atoms with Crippen molar-refractivity contribution in [2.24, 2.45) is 11.8 Å². The number of benzene rings is 2. The molecule has 6 nitrogen and oxygen atoms in total. The Morgan fingerprint density at radius 3 is 2.81 bits per heavy atom. The number of halogens is 2. The molecule has 0 spiro atoms. The second-order valence-corrected chi connectivity index (χ2v) is 7.87. The van der Waals surface area contributed by atoms with Crippen molar-refractivity contribution in [3.05, 3.63) is 83.9 Å². The Morgan fingerprint density at radius 2 is 2.10 bits per heavy atom. The van der Waals surface area contributed by atoms with E-state index in [4.69, 9.17) is 9.47 Å². The molecule has 31 heavy (non-hydrogen) atoms. The van der Waals surface area contributed by atoms with Crippen LogP contribution >= 0.6 is 0 Å². The predicted molar refractivity (Wildman–Crippen MR) is 108 cm³/mol. The fourth-order valence-electron chi connectivity index (χ4n) is 4.00. The zero-order chi connectivity index (χ0) is 21.8. The first kappa shape index (κ1) is 21.1. The molecule has 0 aliphatic carbocycles. The van der Waals surface area contributed by atoms with Crippen LogP contribution in [0, 0.1) is 23.5 Å². The van der Waals surface area contributed by atoms with E-state index in [1.54, 1.807) is 11.6 Å². The van der Waals surface area contributed by atoms with Crippen molar-refractivity contribution in [2.75, 3.05) is 6.61 Å². The van der Waals surface area contributed by atoms with Crippen LogP contribution in [-0.2, 0) is 33.0 Å². The van der Waals surface area contributed by atoms with E-state index < -0.39 is 23.2 Å². The number of hydrogen-bond acceptors (Lipinski definition) is 5. The smallest absolute Gasteiger partial charge is 0.309 e. The second kappa shape index (κ2) is 8.93. The number of nitrogens with zero attached hydrogens (tertiary/aromatic N) is 3. The molecular weight excluding hydrogens is 404 g/mol. The Balaban J connectivity index is 1.51. The van der Waals surface area contributed by atoms with Crippen molar-refractivity contribution in [3.63, 3.8) is 0 Å². The minimum absolute atomic E-state index is 0.189. The van der Waals surface area contributed by atoms with Crippen LogP contribution in [0.2, 0.25) is 0 Å². The average Bonchev–Trinajstić information content (AvgIpc) is 3.43. The van der Waals surface area contributed by atoms with Crippen LogP contribution in [0.4, 0.5) is 8.78 Å². The summed E-state index contributed by atoms with van der Waals surface area (Å²) in [7, 11) is 0. The van der Waals surface area contributed by atoms with Gasteiger partial charge < -0.3 is 9.47 Å². The van der Waals surface area contributed by atoms with Gasteiger partial charge in [0.1, 0.15) is 36.5 Å². The first-order chi connectivity index (χ1) is 15.0. The highest BCUT2D eigenvalue weighted by Crippen LogP contribution is 2.44. The van der Waals surface area contributed by atoms with E-state index in [2.05, 4.69) is 10.1 Å². The summed E-state index contributed by atoms with van der Waals surface area (Å²) in [5.41, 5.74) is 0.0424. The topological polar surface area (TPSA) is 66.2 Å². The highest BCUT2D eigenvalue weighted by molar-refractivity contribution is 5.72. The van der Waals surface area contributed by atoms with E-state index in [9.17, 15) is 13.6 Å². The second-order valence-electron chi connectivity index (χ2n) is 7.87. The van der Waals surface area contributed by atoms with E-state index in [0.717, 1.165) is 11.6 Å². The van der Waals surface area contributed by atoms with Gasteiger partial charge in [0.05, 0.1) is 19.1 Å². The summed E-state index contributed by atoms with van der Waals surface area (Å²) < 4.78 is 41.3. The maximum Gasteiger partial charge on any atom is 0.309 e. The Hall–Kier alpha value is -3.13. The molecule has 0 bridgehead atoms. The number of carbonyl (C=O) groups is 1. The first-order valence-corrected chi connectivity index (χ1v) is 10.1. The van der Waals surface area contributed by atoms with E-state index >= 15 is 0 Å². The van der Waals surface area contributed by atoms with Gasteiger partial charge in [-0.2, -0.15) is 5.10 Å². The maximum atomic E-state index is 14.7. The summed E-state index contributed by atoms with van der Waals surface area (Å²) >= 11 is 0. The quantitative estimate of drug-likeness (QED) is 0.536. The van der Waals surface area contributed by atoms with Crippen LogP contribution in [0.3, 0.4) is 0 Å². The van der Waals surface area contributed by atoms with Gasteiger partial charge in [0.15, 0.2) is 0 Å². The number of aromatic nitrogens is 3. The normalized spacial score (nSPS) is 21.7.